The standard InChI is InChI=1S/C10H14N4O6S/c11-21(19,20)6-3-8(16)13(5-6)9-7(10(17)18)4-12-14(9)1-2-15/h4,6,15H,1-3,5H2,(H,17,18)(H2,11,19,20). The van der Waals surface area contributed by atoms with Crippen LogP contribution >= 0.6 is 0 Å². The maximum Gasteiger partial charge on any atom is 0.341 e. The van der Waals surface area contributed by atoms with E-state index in [9.17, 15) is 18.0 Å². The number of anilines is 1. The predicted octanol–water partition coefficient (Wildman–Crippen LogP) is -2.03. The summed E-state index contributed by atoms with van der Waals surface area (Å²) >= 11 is 0. The first-order chi connectivity index (χ1) is 9.75. The van der Waals surface area contributed by atoms with Crippen LogP contribution < -0.4 is 10.0 Å². The summed E-state index contributed by atoms with van der Waals surface area (Å²) in [5.41, 5.74) is -0.244. The highest BCUT2D eigenvalue weighted by Gasteiger charge is 2.40. The number of aromatic carboxylic acids is 1. The molecule has 1 aromatic rings. The zero-order valence-electron chi connectivity index (χ0n) is 10.8. The number of carbonyl (C=O) groups is 2. The summed E-state index contributed by atoms with van der Waals surface area (Å²) < 4.78 is 23.8. The highest BCUT2D eigenvalue weighted by Crippen LogP contribution is 2.27. The summed E-state index contributed by atoms with van der Waals surface area (Å²) in [5.74, 6) is -1.91. The smallest absolute Gasteiger partial charge is 0.341 e. The van der Waals surface area contributed by atoms with E-state index in [1.807, 2.05) is 0 Å². The van der Waals surface area contributed by atoms with E-state index in [1.165, 1.54) is 0 Å². The Morgan fingerprint density at radius 1 is 1.52 bits per heavy atom. The molecular weight excluding hydrogens is 304 g/mol. The van der Waals surface area contributed by atoms with Crippen LogP contribution in [-0.4, -0.2) is 58.7 Å². The van der Waals surface area contributed by atoms with E-state index < -0.39 is 27.1 Å². The van der Waals surface area contributed by atoms with Crippen LogP contribution in [0.4, 0.5) is 5.82 Å². The lowest BCUT2D eigenvalue weighted by atomic mass is 10.3. The summed E-state index contributed by atoms with van der Waals surface area (Å²) in [6.07, 6.45) is 0.729. The number of carbonyl (C=O) groups excluding carboxylic acids is 1. The monoisotopic (exact) mass is 318 g/mol. The van der Waals surface area contributed by atoms with E-state index in [0.717, 1.165) is 15.8 Å². The summed E-state index contributed by atoms with van der Waals surface area (Å²) in [6.45, 7) is -0.574. The number of sulfonamides is 1. The van der Waals surface area contributed by atoms with Gasteiger partial charge in [-0.3, -0.25) is 9.69 Å². The Balaban J connectivity index is 2.43. The molecule has 10 nitrogen and oxygen atoms in total. The number of primary sulfonamides is 1. The Morgan fingerprint density at radius 2 is 2.19 bits per heavy atom. The van der Waals surface area contributed by atoms with Gasteiger partial charge in [-0.05, 0) is 0 Å². The molecular formula is C10H14N4O6S. The number of hydrogen-bond donors (Lipinski definition) is 3. The fourth-order valence-electron chi connectivity index (χ4n) is 2.17. The number of carboxylic acid groups (broad SMARTS) is 1. The number of aliphatic hydroxyl groups excluding tert-OH is 1. The van der Waals surface area contributed by atoms with Gasteiger partial charge in [0, 0.05) is 13.0 Å². The Hall–Kier alpha value is -1.98. The summed E-state index contributed by atoms with van der Waals surface area (Å²) in [7, 11) is -3.91. The fourth-order valence-corrected chi connectivity index (χ4v) is 2.90. The van der Waals surface area contributed by atoms with E-state index in [1.54, 1.807) is 0 Å². The SMILES string of the molecule is NS(=O)(=O)C1CC(=O)N(c2c(C(=O)O)cnn2CCO)C1. The lowest BCUT2D eigenvalue weighted by molar-refractivity contribution is -0.117. The number of nitrogens with two attached hydrogens (primary N) is 1. The number of amides is 1. The molecule has 0 aromatic carbocycles. The highest BCUT2D eigenvalue weighted by atomic mass is 32.2. The first kappa shape index (κ1) is 15.4. The first-order valence-corrected chi connectivity index (χ1v) is 7.58. The third-order valence-electron chi connectivity index (χ3n) is 3.16. The van der Waals surface area contributed by atoms with Gasteiger partial charge in [0.05, 0.1) is 19.3 Å². The van der Waals surface area contributed by atoms with Crippen LogP contribution in [0.25, 0.3) is 0 Å². The van der Waals surface area contributed by atoms with E-state index in [-0.39, 0.29) is 37.5 Å². The average molecular weight is 318 g/mol. The fraction of sp³-hybridized carbons (Fsp3) is 0.500. The Labute approximate surface area is 119 Å². The number of carboxylic acids is 1. The van der Waals surface area contributed by atoms with Gasteiger partial charge in [-0.1, -0.05) is 0 Å². The van der Waals surface area contributed by atoms with Crippen molar-refractivity contribution in [1.29, 1.82) is 0 Å². The molecule has 2 rings (SSSR count). The van der Waals surface area contributed by atoms with Crippen molar-refractivity contribution in [3.05, 3.63) is 11.8 Å². The Morgan fingerprint density at radius 3 is 2.67 bits per heavy atom. The maximum absolute atomic E-state index is 12.0. The first-order valence-electron chi connectivity index (χ1n) is 5.97. The molecule has 2 heterocycles. The molecule has 4 N–H and O–H groups in total. The third kappa shape index (κ3) is 2.89. The van der Waals surface area contributed by atoms with Crippen molar-refractivity contribution in [2.75, 3.05) is 18.1 Å². The Kier molecular flexibility index (Phi) is 3.98. The number of nitrogens with zero attached hydrogens (tertiary/aromatic N) is 3. The maximum atomic E-state index is 12.0. The third-order valence-corrected chi connectivity index (χ3v) is 4.41. The van der Waals surface area contributed by atoms with Crippen molar-refractivity contribution >= 4 is 27.7 Å². The second kappa shape index (κ2) is 5.42. The van der Waals surface area contributed by atoms with Crippen molar-refractivity contribution in [3.63, 3.8) is 0 Å². The molecule has 1 atom stereocenters. The minimum Gasteiger partial charge on any atom is -0.477 e. The van der Waals surface area contributed by atoms with E-state index in [0.29, 0.717) is 0 Å². The number of aromatic nitrogens is 2. The minimum atomic E-state index is -3.91. The zero-order valence-corrected chi connectivity index (χ0v) is 11.7. The summed E-state index contributed by atoms with van der Waals surface area (Å²) in [4.78, 5) is 24.2. The second-order valence-corrected chi connectivity index (χ2v) is 6.40. The highest BCUT2D eigenvalue weighted by molar-refractivity contribution is 7.89. The molecule has 1 unspecified atom stereocenters. The normalized spacial score (nSPS) is 19.2. The van der Waals surface area contributed by atoms with Gasteiger partial charge in [0.15, 0.2) is 0 Å². The number of hydrogen-bond acceptors (Lipinski definition) is 6. The average Bonchev–Trinajstić information content (AvgIpc) is 2.92. The van der Waals surface area contributed by atoms with Gasteiger partial charge in [0.25, 0.3) is 0 Å². The van der Waals surface area contributed by atoms with Crippen molar-refractivity contribution < 1.29 is 28.2 Å². The van der Waals surface area contributed by atoms with Crippen molar-refractivity contribution in [2.24, 2.45) is 5.14 Å². The van der Waals surface area contributed by atoms with Crippen LogP contribution in [-0.2, 0) is 21.4 Å². The quantitative estimate of drug-likeness (QED) is 0.565. The van der Waals surface area contributed by atoms with Crippen LogP contribution in [0.1, 0.15) is 16.8 Å². The molecule has 116 valence electrons. The van der Waals surface area contributed by atoms with Crippen LogP contribution in [0, 0.1) is 0 Å². The van der Waals surface area contributed by atoms with Gasteiger partial charge >= 0.3 is 5.97 Å². The van der Waals surface area contributed by atoms with Gasteiger partial charge in [0.2, 0.25) is 15.9 Å². The molecule has 1 fully saturated rings. The van der Waals surface area contributed by atoms with Crippen molar-refractivity contribution in [1.82, 2.24) is 9.78 Å². The molecule has 0 radical (unpaired) electrons. The molecule has 1 aliphatic heterocycles. The largest absolute Gasteiger partial charge is 0.477 e. The van der Waals surface area contributed by atoms with Gasteiger partial charge in [0.1, 0.15) is 16.6 Å². The van der Waals surface area contributed by atoms with Gasteiger partial charge < -0.3 is 10.2 Å². The van der Waals surface area contributed by atoms with Crippen molar-refractivity contribution in [2.45, 2.75) is 18.2 Å². The van der Waals surface area contributed by atoms with Crippen LogP contribution in [0.3, 0.4) is 0 Å². The zero-order chi connectivity index (χ0) is 15.8. The van der Waals surface area contributed by atoms with Crippen LogP contribution in [0.15, 0.2) is 6.20 Å². The van der Waals surface area contributed by atoms with E-state index in [4.69, 9.17) is 15.4 Å². The van der Waals surface area contributed by atoms with Crippen molar-refractivity contribution in [3.8, 4) is 0 Å². The van der Waals surface area contributed by atoms with Crippen LogP contribution in [0.2, 0.25) is 0 Å². The summed E-state index contributed by atoms with van der Waals surface area (Å²) in [6, 6.07) is 0. The molecule has 21 heavy (non-hydrogen) atoms. The predicted molar refractivity (Wildman–Crippen MR) is 70.1 cm³/mol. The van der Waals surface area contributed by atoms with Gasteiger partial charge in [-0.2, -0.15) is 5.10 Å². The lowest BCUT2D eigenvalue weighted by Crippen LogP contribution is -2.33. The molecule has 11 heteroatoms. The molecule has 0 saturated carbocycles. The van der Waals surface area contributed by atoms with Crippen LogP contribution in [0.5, 0.6) is 0 Å². The molecule has 1 amide bonds. The summed E-state index contributed by atoms with van der Waals surface area (Å²) in [5, 5.41) is 25.8. The number of rotatable bonds is 5. The second-order valence-electron chi connectivity index (χ2n) is 4.55. The molecule has 0 aliphatic carbocycles. The van der Waals surface area contributed by atoms with E-state index >= 15 is 0 Å². The van der Waals surface area contributed by atoms with Gasteiger partial charge in [-0.15, -0.1) is 0 Å². The lowest BCUT2D eigenvalue weighted by Gasteiger charge is -2.18. The molecule has 1 aromatic heterocycles. The Bertz CT molecular complexity index is 682. The van der Waals surface area contributed by atoms with E-state index in [2.05, 4.69) is 5.10 Å². The molecule has 1 aliphatic rings. The molecule has 0 bridgehead atoms. The van der Waals surface area contributed by atoms with Gasteiger partial charge in [-0.25, -0.2) is 23.0 Å². The molecule has 1 saturated heterocycles. The minimum absolute atomic E-state index is 0.0214. The number of aliphatic hydroxyl groups is 1. The topological polar surface area (TPSA) is 156 Å². The molecule has 0 spiro atoms.